The van der Waals surface area contributed by atoms with Gasteiger partial charge in [0.2, 0.25) is 5.88 Å². The number of hydrogen-bond acceptors (Lipinski definition) is 4. The molecule has 0 saturated heterocycles. The zero-order chi connectivity index (χ0) is 15.0. The van der Waals surface area contributed by atoms with E-state index in [4.69, 9.17) is 4.74 Å². The van der Waals surface area contributed by atoms with Gasteiger partial charge in [-0.15, -0.1) is 11.3 Å². The summed E-state index contributed by atoms with van der Waals surface area (Å²) in [5, 5.41) is 1.68. The van der Waals surface area contributed by atoms with Crippen LogP contribution in [0.15, 0.2) is 46.7 Å². The standard InChI is InChI=1S/C13H7F3N2O2S/c14-13(15,16)8-2-1-3-9(6-8)20-10-7-11(19)18-4-5-21-12(18)17-10/h1-7H. The molecule has 0 N–H and O–H groups in total. The quantitative estimate of drug-likeness (QED) is 0.726. The third kappa shape index (κ3) is 2.75. The zero-order valence-electron chi connectivity index (χ0n) is 10.3. The Morgan fingerprint density at radius 1 is 1.24 bits per heavy atom. The number of benzene rings is 1. The maximum Gasteiger partial charge on any atom is 0.416 e. The summed E-state index contributed by atoms with van der Waals surface area (Å²) in [6.07, 6.45) is -2.90. The Kier molecular flexibility index (Phi) is 3.17. The normalized spacial score (nSPS) is 11.8. The molecule has 0 aliphatic heterocycles. The predicted octanol–water partition coefficient (Wildman–Crippen LogP) is 3.57. The summed E-state index contributed by atoms with van der Waals surface area (Å²) in [5.41, 5.74) is -1.18. The first-order valence-electron chi connectivity index (χ1n) is 5.75. The lowest BCUT2D eigenvalue weighted by molar-refractivity contribution is -0.137. The summed E-state index contributed by atoms with van der Waals surface area (Å²) >= 11 is 1.23. The molecule has 0 fully saturated rings. The molecule has 0 unspecified atom stereocenters. The molecule has 0 bridgehead atoms. The molecule has 0 atom stereocenters. The van der Waals surface area contributed by atoms with Crippen molar-refractivity contribution in [3.05, 3.63) is 57.8 Å². The first-order valence-corrected chi connectivity index (χ1v) is 6.63. The minimum atomic E-state index is -4.45. The van der Waals surface area contributed by atoms with E-state index in [2.05, 4.69) is 4.98 Å². The highest BCUT2D eigenvalue weighted by Gasteiger charge is 2.30. The lowest BCUT2D eigenvalue weighted by Crippen LogP contribution is -2.11. The molecule has 3 aromatic rings. The van der Waals surface area contributed by atoms with E-state index in [-0.39, 0.29) is 17.2 Å². The summed E-state index contributed by atoms with van der Waals surface area (Å²) in [7, 11) is 0. The monoisotopic (exact) mass is 312 g/mol. The van der Waals surface area contributed by atoms with Crippen molar-refractivity contribution in [2.24, 2.45) is 0 Å². The summed E-state index contributed by atoms with van der Waals surface area (Å²) in [5.74, 6) is -0.0700. The fourth-order valence-electron chi connectivity index (χ4n) is 1.73. The van der Waals surface area contributed by atoms with Gasteiger partial charge in [0.1, 0.15) is 5.75 Å². The number of hydrogen-bond donors (Lipinski definition) is 0. The molecule has 1 aromatic carbocycles. The van der Waals surface area contributed by atoms with Gasteiger partial charge in [-0.1, -0.05) is 6.07 Å². The third-order valence-corrected chi connectivity index (χ3v) is 3.42. The van der Waals surface area contributed by atoms with Crippen molar-refractivity contribution in [3.63, 3.8) is 0 Å². The number of rotatable bonds is 2. The molecule has 0 amide bonds. The van der Waals surface area contributed by atoms with Gasteiger partial charge in [-0.25, -0.2) is 0 Å². The highest BCUT2D eigenvalue weighted by Crippen LogP contribution is 2.32. The van der Waals surface area contributed by atoms with Gasteiger partial charge < -0.3 is 4.74 Å². The average Bonchev–Trinajstić information content (AvgIpc) is 2.87. The zero-order valence-corrected chi connectivity index (χ0v) is 11.1. The van der Waals surface area contributed by atoms with E-state index in [0.717, 1.165) is 18.2 Å². The number of aromatic nitrogens is 2. The Labute approximate surface area is 120 Å². The van der Waals surface area contributed by atoms with Crippen LogP contribution in [0.2, 0.25) is 0 Å². The second kappa shape index (κ2) is 4.88. The van der Waals surface area contributed by atoms with Crippen molar-refractivity contribution in [1.82, 2.24) is 9.38 Å². The van der Waals surface area contributed by atoms with Crippen LogP contribution in [0.25, 0.3) is 4.96 Å². The molecule has 2 heterocycles. The topological polar surface area (TPSA) is 43.6 Å². The van der Waals surface area contributed by atoms with Crippen LogP contribution in [0.3, 0.4) is 0 Å². The van der Waals surface area contributed by atoms with Crippen molar-refractivity contribution in [2.45, 2.75) is 6.18 Å². The van der Waals surface area contributed by atoms with Crippen LogP contribution in [-0.2, 0) is 6.18 Å². The minimum absolute atomic E-state index is 0.0300. The van der Waals surface area contributed by atoms with Gasteiger partial charge in [0, 0.05) is 11.6 Å². The molecule has 8 heteroatoms. The van der Waals surface area contributed by atoms with Crippen LogP contribution < -0.4 is 10.3 Å². The van der Waals surface area contributed by atoms with Crippen LogP contribution in [-0.4, -0.2) is 9.38 Å². The van der Waals surface area contributed by atoms with Gasteiger partial charge in [0.05, 0.1) is 11.6 Å². The van der Waals surface area contributed by atoms with Crippen molar-refractivity contribution >= 4 is 16.3 Å². The summed E-state index contributed by atoms with van der Waals surface area (Å²) in [4.78, 5) is 16.2. The summed E-state index contributed by atoms with van der Waals surface area (Å²) in [6.45, 7) is 0. The Bertz CT molecular complexity index is 854. The molecule has 4 nitrogen and oxygen atoms in total. The molecular formula is C13H7F3N2O2S. The van der Waals surface area contributed by atoms with Crippen LogP contribution in [0.5, 0.6) is 11.6 Å². The van der Waals surface area contributed by atoms with E-state index in [9.17, 15) is 18.0 Å². The molecule has 108 valence electrons. The number of fused-ring (bicyclic) bond motifs is 1. The largest absolute Gasteiger partial charge is 0.439 e. The van der Waals surface area contributed by atoms with E-state index < -0.39 is 11.7 Å². The van der Waals surface area contributed by atoms with Gasteiger partial charge in [-0.2, -0.15) is 18.2 Å². The third-order valence-electron chi connectivity index (χ3n) is 2.66. The molecule has 3 rings (SSSR count). The molecule has 0 spiro atoms. The molecule has 0 radical (unpaired) electrons. The molecule has 0 aliphatic carbocycles. The van der Waals surface area contributed by atoms with Crippen molar-refractivity contribution < 1.29 is 17.9 Å². The fraction of sp³-hybridized carbons (Fsp3) is 0.0769. The number of ether oxygens (including phenoxy) is 1. The van der Waals surface area contributed by atoms with Gasteiger partial charge in [0.25, 0.3) is 5.56 Å². The first-order chi connectivity index (χ1) is 9.93. The maximum atomic E-state index is 12.6. The van der Waals surface area contributed by atoms with E-state index in [1.54, 1.807) is 11.6 Å². The van der Waals surface area contributed by atoms with Gasteiger partial charge in [0.15, 0.2) is 4.96 Å². The Morgan fingerprint density at radius 3 is 2.81 bits per heavy atom. The predicted molar refractivity (Wildman–Crippen MR) is 70.9 cm³/mol. The van der Waals surface area contributed by atoms with E-state index in [1.807, 2.05) is 0 Å². The van der Waals surface area contributed by atoms with Crippen molar-refractivity contribution in [1.29, 1.82) is 0 Å². The smallest absolute Gasteiger partial charge is 0.416 e. The fourth-order valence-corrected chi connectivity index (χ4v) is 2.44. The van der Waals surface area contributed by atoms with Crippen LogP contribution in [0, 0.1) is 0 Å². The Morgan fingerprint density at radius 2 is 2.05 bits per heavy atom. The highest BCUT2D eigenvalue weighted by atomic mass is 32.1. The molecule has 0 saturated carbocycles. The highest BCUT2D eigenvalue weighted by molar-refractivity contribution is 7.15. The SMILES string of the molecule is O=c1cc(Oc2cccc(C(F)(F)F)c2)nc2sccn12. The maximum absolute atomic E-state index is 12.6. The molecule has 2 aromatic heterocycles. The second-order valence-corrected chi connectivity index (χ2v) is 4.99. The van der Waals surface area contributed by atoms with E-state index in [0.29, 0.717) is 4.96 Å². The van der Waals surface area contributed by atoms with Crippen molar-refractivity contribution in [2.75, 3.05) is 0 Å². The summed E-state index contributed by atoms with van der Waals surface area (Å²) in [6, 6.07) is 5.53. The van der Waals surface area contributed by atoms with E-state index in [1.165, 1.54) is 27.9 Å². The Balaban J connectivity index is 1.97. The van der Waals surface area contributed by atoms with Crippen LogP contribution >= 0.6 is 11.3 Å². The molecule has 0 aliphatic rings. The van der Waals surface area contributed by atoms with Gasteiger partial charge >= 0.3 is 6.18 Å². The number of alkyl halides is 3. The Hall–Kier alpha value is -2.35. The first kappa shape index (κ1) is 13.6. The lowest BCUT2D eigenvalue weighted by atomic mass is 10.2. The van der Waals surface area contributed by atoms with Gasteiger partial charge in [-0.05, 0) is 18.2 Å². The average molecular weight is 312 g/mol. The summed E-state index contributed by atoms with van der Waals surface area (Å²) < 4.78 is 44.4. The number of halogens is 3. The molecular weight excluding hydrogens is 305 g/mol. The van der Waals surface area contributed by atoms with Gasteiger partial charge in [-0.3, -0.25) is 9.20 Å². The lowest BCUT2D eigenvalue weighted by Gasteiger charge is -2.09. The molecule has 21 heavy (non-hydrogen) atoms. The number of nitrogens with zero attached hydrogens (tertiary/aromatic N) is 2. The van der Waals surface area contributed by atoms with Crippen LogP contribution in [0.4, 0.5) is 13.2 Å². The van der Waals surface area contributed by atoms with Crippen molar-refractivity contribution in [3.8, 4) is 11.6 Å². The van der Waals surface area contributed by atoms with E-state index >= 15 is 0 Å². The number of thiazole rings is 1. The second-order valence-electron chi connectivity index (χ2n) is 4.12. The van der Waals surface area contributed by atoms with Crippen LogP contribution in [0.1, 0.15) is 5.56 Å². The minimum Gasteiger partial charge on any atom is -0.439 e.